The Bertz CT molecular complexity index is 655. The van der Waals surface area contributed by atoms with Crippen LogP contribution in [0.5, 0.6) is 5.75 Å². The summed E-state index contributed by atoms with van der Waals surface area (Å²) in [6, 6.07) is 17.4. The molecule has 23 heavy (non-hydrogen) atoms. The number of phenolic OH excluding ortho intramolecular Hbond substituents is 1. The fraction of sp³-hybridized carbons (Fsp3) is 0.316. The number of carbonyl (C=O) groups is 1. The molecule has 0 bridgehead atoms. The van der Waals surface area contributed by atoms with E-state index in [1.54, 1.807) is 24.3 Å². The minimum Gasteiger partial charge on any atom is -0.508 e. The first-order valence-electron chi connectivity index (χ1n) is 8.01. The third kappa shape index (κ3) is 3.65. The molecule has 1 heterocycles. The van der Waals surface area contributed by atoms with Crippen LogP contribution in [0.3, 0.4) is 0 Å². The molecule has 0 aliphatic carbocycles. The van der Waals surface area contributed by atoms with E-state index in [1.165, 1.54) is 5.69 Å². The Balaban J connectivity index is 1.61. The van der Waals surface area contributed by atoms with Gasteiger partial charge in [-0.2, -0.15) is 0 Å². The first-order chi connectivity index (χ1) is 11.1. The van der Waals surface area contributed by atoms with Gasteiger partial charge in [0.15, 0.2) is 0 Å². The molecule has 3 rings (SSSR count). The van der Waals surface area contributed by atoms with Gasteiger partial charge in [-0.25, -0.2) is 0 Å². The lowest BCUT2D eigenvalue weighted by Gasteiger charge is -2.41. The van der Waals surface area contributed by atoms with E-state index < -0.39 is 0 Å². The molecular formula is C19H22N2O2. The van der Waals surface area contributed by atoms with Gasteiger partial charge >= 0.3 is 0 Å². The topological polar surface area (TPSA) is 43.8 Å². The first-order valence-corrected chi connectivity index (χ1v) is 8.01. The summed E-state index contributed by atoms with van der Waals surface area (Å²) in [5.74, 6) is 0.377. The van der Waals surface area contributed by atoms with Crippen LogP contribution in [0.15, 0.2) is 54.6 Å². The number of phenols is 1. The molecule has 0 spiro atoms. The second-order valence-corrected chi connectivity index (χ2v) is 6.06. The molecule has 1 saturated heterocycles. The van der Waals surface area contributed by atoms with Gasteiger partial charge in [0.1, 0.15) is 5.75 Å². The predicted molar refractivity (Wildman–Crippen MR) is 91.6 cm³/mol. The SMILES string of the molecule is C[C@H]1CN(c2ccccc2)CCN1C(=O)Cc1ccc(O)cc1. The number of hydrogen-bond donors (Lipinski definition) is 1. The van der Waals surface area contributed by atoms with Crippen molar-refractivity contribution in [2.75, 3.05) is 24.5 Å². The molecule has 1 N–H and O–H groups in total. The number of amides is 1. The van der Waals surface area contributed by atoms with Gasteiger partial charge in [0.2, 0.25) is 5.91 Å². The highest BCUT2D eigenvalue weighted by atomic mass is 16.3. The Morgan fingerprint density at radius 1 is 1.09 bits per heavy atom. The Kier molecular flexibility index (Phi) is 4.51. The highest BCUT2D eigenvalue weighted by Crippen LogP contribution is 2.20. The van der Waals surface area contributed by atoms with Crippen molar-refractivity contribution in [1.82, 2.24) is 4.90 Å². The number of carbonyl (C=O) groups excluding carboxylic acids is 1. The van der Waals surface area contributed by atoms with Crippen molar-refractivity contribution in [3.05, 3.63) is 60.2 Å². The summed E-state index contributed by atoms with van der Waals surface area (Å²) in [6.07, 6.45) is 0.385. The Labute approximate surface area is 137 Å². The van der Waals surface area contributed by atoms with Crippen LogP contribution in [0.2, 0.25) is 0 Å². The maximum absolute atomic E-state index is 12.6. The van der Waals surface area contributed by atoms with Gasteiger partial charge in [-0.15, -0.1) is 0 Å². The average Bonchev–Trinajstić information content (AvgIpc) is 2.57. The van der Waals surface area contributed by atoms with Gasteiger partial charge in [0.25, 0.3) is 0 Å². The van der Waals surface area contributed by atoms with Gasteiger partial charge in [0.05, 0.1) is 6.42 Å². The zero-order valence-corrected chi connectivity index (χ0v) is 13.4. The molecule has 0 aromatic heterocycles. The molecule has 2 aromatic rings. The van der Waals surface area contributed by atoms with Crippen LogP contribution in [-0.2, 0) is 11.2 Å². The molecule has 0 radical (unpaired) electrons. The van der Waals surface area contributed by atoms with Crippen molar-refractivity contribution in [3.8, 4) is 5.75 Å². The second-order valence-electron chi connectivity index (χ2n) is 6.06. The smallest absolute Gasteiger partial charge is 0.227 e. The summed E-state index contributed by atoms with van der Waals surface area (Å²) in [4.78, 5) is 16.8. The molecule has 1 aliphatic rings. The van der Waals surface area contributed by atoms with Gasteiger partial charge in [0, 0.05) is 31.4 Å². The maximum Gasteiger partial charge on any atom is 0.227 e. The molecule has 4 nitrogen and oxygen atoms in total. The van der Waals surface area contributed by atoms with Crippen molar-refractivity contribution in [2.24, 2.45) is 0 Å². The molecule has 1 fully saturated rings. The largest absolute Gasteiger partial charge is 0.508 e. The monoisotopic (exact) mass is 310 g/mol. The summed E-state index contributed by atoms with van der Waals surface area (Å²) >= 11 is 0. The van der Waals surface area contributed by atoms with Gasteiger partial charge in [-0.3, -0.25) is 4.79 Å². The number of nitrogens with zero attached hydrogens (tertiary/aromatic N) is 2. The van der Waals surface area contributed by atoms with Gasteiger partial charge < -0.3 is 14.9 Å². The lowest BCUT2D eigenvalue weighted by Crippen LogP contribution is -2.54. The number of rotatable bonds is 3. The number of piperazine rings is 1. The number of aromatic hydroxyl groups is 1. The zero-order valence-electron chi connectivity index (χ0n) is 13.4. The molecular weight excluding hydrogens is 288 g/mol. The molecule has 1 atom stereocenters. The highest BCUT2D eigenvalue weighted by molar-refractivity contribution is 5.79. The van der Waals surface area contributed by atoms with E-state index in [-0.39, 0.29) is 17.7 Å². The molecule has 4 heteroatoms. The van der Waals surface area contributed by atoms with E-state index in [4.69, 9.17) is 0 Å². The Morgan fingerprint density at radius 2 is 1.78 bits per heavy atom. The van der Waals surface area contributed by atoms with Crippen molar-refractivity contribution >= 4 is 11.6 Å². The van der Waals surface area contributed by atoms with Crippen LogP contribution in [-0.4, -0.2) is 41.6 Å². The maximum atomic E-state index is 12.6. The van der Waals surface area contributed by atoms with Crippen LogP contribution >= 0.6 is 0 Å². The summed E-state index contributed by atoms with van der Waals surface area (Å²) in [5, 5.41) is 9.32. The molecule has 2 aromatic carbocycles. The molecule has 0 saturated carbocycles. The highest BCUT2D eigenvalue weighted by Gasteiger charge is 2.27. The minimum atomic E-state index is 0.149. The molecule has 1 amide bonds. The summed E-state index contributed by atoms with van der Waals surface area (Å²) in [7, 11) is 0. The summed E-state index contributed by atoms with van der Waals surface area (Å²) in [6.45, 7) is 4.55. The van der Waals surface area contributed by atoms with Crippen molar-refractivity contribution in [3.63, 3.8) is 0 Å². The van der Waals surface area contributed by atoms with Crippen LogP contribution in [0, 0.1) is 0 Å². The van der Waals surface area contributed by atoms with Crippen LogP contribution < -0.4 is 4.90 Å². The Morgan fingerprint density at radius 3 is 2.43 bits per heavy atom. The zero-order chi connectivity index (χ0) is 16.2. The van der Waals surface area contributed by atoms with E-state index in [0.29, 0.717) is 6.42 Å². The average molecular weight is 310 g/mol. The van der Waals surface area contributed by atoms with Crippen LogP contribution in [0.1, 0.15) is 12.5 Å². The normalized spacial score (nSPS) is 18.0. The lowest BCUT2D eigenvalue weighted by atomic mass is 10.1. The quantitative estimate of drug-likeness (QED) is 0.948. The number of benzene rings is 2. The van der Waals surface area contributed by atoms with E-state index in [1.807, 2.05) is 23.1 Å². The fourth-order valence-corrected chi connectivity index (χ4v) is 3.09. The number of anilines is 1. The van der Waals surface area contributed by atoms with Crippen molar-refractivity contribution < 1.29 is 9.90 Å². The van der Waals surface area contributed by atoms with Crippen LogP contribution in [0.4, 0.5) is 5.69 Å². The third-order valence-electron chi connectivity index (χ3n) is 4.36. The lowest BCUT2D eigenvalue weighted by molar-refractivity contribution is -0.132. The molecule has 1 aliphatic heterocycles. The third-order valence-corrected chi connectivity index (χ3v) is 4.36. The first kappa shape index (κ1) is 15.4. The van der Waals surface area contributed by atoms with E-state index in [0.717, 1.165) is 25.2 Å². The molecule has 120 valence electrons. The standard InChI is InChI=1S/C19H22N2O2/c1-15-14-20(17-5-3-2-4-6-17)11-12-21(15)19(23)13-16-7-9-18(22)10-8-16/h2-10,15,22H,11-14H2,1H3/t15-/m0/s1. The van der Waals surface area contributed by atoms with Crippen molar-refractivity contribution in [1.29, 1.82) is 0 Å². The van der Waals surface area contributed by atoms with Gasteiger partial charge in [-0.05, 0) is 36.8 Å². The van der Waals surface area contributed by atoms with E-state index in [2.05, 4.69) is 24.0 Å². The Hall–Kier alpha value is -2.49. The van der Waals surface area contributed by atoms with Gasteiger partial charge in [-0.1, -0.05) is 30.3 Å². The van der Waals surface area contributed by atoms with Crippen molar-refractivity contribution in [2.45, 2.75) is 19.4 Å². The number of para-hydroxylation sites is 1. The number of hydrogen-bond acceptors (Lipinski definition) is 3. The summed E-state index contributed by atoms with van der Waals surface area (Å²) in [5.41, 5.74) is 2.15. The summed E-state index contributed by atoms with van der Waals surface area (Å²) < 4.78 is 0. The fourth-order valence-electron chi connectivity index (χ4n) is 3.09. The molecule has 0 unspecified atom stereocenters. The van der Waals surface area contributed by atoms with E-state index >= 15 is 0 Å². The predicted octanol–water partition coefficient (Wildman–Crippen LogP) is 2.67. The second kappa shape index (κ2) is 6.73. The minimum absolute atomic E-state index is 0.149. The van der Waals surface area contributed by atoms with E-state index in [9.17, 15) is 9.90 Å². The van der Waals surface area contributed by atoms with Crippen LogP contribution in [0.25, 0.3) is 0 Å².